The third-order valence-electron chi connectivity index (χ3n) is 6.42. The molecule has 9 heteroatoms. The first kappa shape index (κ1) is 28.9. The molecule has 3 N–H and O–H groups in total. The van der Waals surface area contributed by atoms with Crippen LogP contribution < -0.4 is 10.0 Å². The van der Waals surface area contributed by atoms with E-state index in [1.807, 2.05) is 36.4 Å². The highest BCUT2D eigenvalue weighted by Crippen LogP contribution is 2.28. The van der Waals surface area contributed by atoms with E-state index in [1.54, 1.807) is 68.4 Å². The molecule has 0 radical (unpaired) electrons. The van der Waals surface area contributed by atoms with Gasteiger partial charge in [0.2, 0.25) is 0 Å². The number of anilines is 1. The Balaban J connectivity index is 1.48. The van der Waals surface area contributed by atoms with E-state index < -0.39 is 22.0 Å². The fourth-order valence-corrected chi connectivity index (χ4v) is 5.96. The van der Waals surface area contributed by atoms with Crippen molar-refractivity contribution in [3.8, 4) is 11.1 Å². The second kappa shape index (κ2) is 12.4. The lowest BCUT2D eigenvalue weighted by Crippen LogP contribution is -2.38. The average molecular weight is 577 g/mol. The number of amides is 1. The van der Waals surface area contributed by atoms with Crippen LogP contribution in [0.4, 0.5) is 5.69 Å². The molecule has 0 fully saturated rings. The van der Waals surface area contributed by atoms with E-state index in [-0.39, 0.29) is 17.2 Å². The van der Waals surface area contributed by atoms with Crippen LogP contribution in [0.3, 0.4) is 0 Å². The van der Waals surface area contributed by atoms with Crippen molar-refractivity contribution in [2.75, 3.05) is 4.72 Å². The Morgan fingerprint density at radius 3 is 2.23 bits per heavy atom. The summed E-state index contributed by atoms with van der Waals surface area (Å²) in [7, 11) is -3.85. The smallest absolute Gasteiger partial charge is 0.305 e. The molecule has 4 aromatic rings. The Labute approximate surface area is 238 Å². The van der Waals surface area contributed by atoms with Crippen molar-refractivity contribution >= 4 is 39.2 Å². The van der Waals surface area contributed by atoms with Crippen LogP contribution in [0.2, 0.25) is 5.02 Å². The second-order valence-electron chi connectivity index (χ2n) is 9.59. The highest BCUT2D eigenvalue weighted by molar-refractivity contribution is 7.92. The molecule has 0 spiro atoms. The predicted octanol–water partition coefficient (Wildman–Crippen LogP) is 6.24. The zero-order valence-electron chi connectivity index (χ0n) is 22.0. The van der Waals surface area contributed by atoms with E-state index >= 15 is 0 Å². The summed E-state index contributed by atoms with van der Waals surface area (Å²) >= 11 is 6.13. The first-order valence-corrected chi connectivity index (χ1v) is 14.4. The lowest BCUT2D eigenvalue weighted by atomic mass is 10.0. The van der Waals surface area contributed by atoms with E-state index in [0.717, 1.165) is 16.7 Å². The molecule has 0 bridgehead atoms. The van der Waals surface area contributed by atoms with E-state index in [4.69, 9.17) is 11.6 Å². The SMILES string of the molecule is Cc1cc(S(=O)(=O)Nc2cccc(-c3ccc(C(=O)N[C@H](CC(=O)O)Cc4ccccc4)cc3)c2)c(C)cc1Cl. The molecule has 0 saturated heterocycles. The number of carbonyl (C=O) groups is 2. The lowest BCUT2D eigenvalue weighted by Gasteiger charge is -2.17. The van der Waals surface area contributed by atoms with Crippen LogP contribution in [-0.2, 0) is 21.2 Å². The molecule has 0 heterocycles. The van der Waals surface area contributed by atoms with E-state index in [9.17, 15) is 23.1 Å². The van der Waals surface area contributed by atoms with Crippen molar-refractivity contribution in [3.05, 3.63) is 118 Å². The largest absolute Gasteiger partial charge is 0.481 e. The summed E-state index contributed by atoms with van der Waals surface area (Å²) in [6.45, 7) is 3.44. The zero-order chi connectivity index (χ0) is 28.9. The number of nitrogens with one attached hydrogen (secondary N) is 2. The van der Waals surface area contributed by atoms with Crippen LogP contribution in [-0.4, -0.2) is 31.4 Å². The molecular weight excluding hydrogens is 548 g/mol. The number of halogens is 1. The normalized spacial score (nSPS) is 12.0. The Morgan fingerprint density at radius 2 is 1.55 bits per heavy atom. The van der Waals surface area contributed by atoms with Crippen molar-refractivity contribution in [2.45, 2.75) is 37.6 Å². The third kappa shape index (κ3) is 7.28. The molecule has 7 nitrogen and oxygen atoms in total. The number of hydrogen-bond acceptors (Lipinski definition) is 4. The van der Waals surface area contributed by atoms with Crippen LogP contribution >= 0.6 is 11.6 Å². The van der Waals surface area contributed by atoms with Gasteiger partial charge in [-0.2, -0.15) is 0 Å². The van der Waals surface area contributed by atoms with Gasteiger partial charge >= 0.3 is 5.97 Å². The van der Waals surface area contributed by atoms with Gasteiger partial charge in [-0.25, -0.2) is 8.42 Å². The van der Waals surface area contributed by atoms with Gasteiger partial charge in [0.15, 0.2) is 0 Å². The number of aliphatic carboxylic acids is 1. The number of carboxylic acids is 1. The lowest BCUT2D eigenvalue weighted by molar-refractivity contribution is -0.137. The minimum atomic E-state index is -3.85. The maximum absolute atomic E-state index is 13.1. The summed E-state index contributed by atoms with van der Waals surface area (Å²) in [6.07, 6.45) is 0.200. The highest BCUT2D eigenvalue weighted by atomic mass is 35.5. The third-order valence-corrected chi connectivity index (χ3v) is 8.35. The van der Waals surface area contributed by atoms with Gasteiger partial charge in [-0.3, -0.25) is 14.3 Å². The topological polar surface area (TPSA) is 113 Å². The number of rotatable bonds is 10. The van der Waals surface area contributed by atoms with Crippen LogP contribution in [0.15, 0.2) is 95.9 Å². The van der Waals surface area contributed by atoms with Crippen LogP contribution in [0, 0.1) is 13.8 Å². The fourth-order valence-electron chi connectivity index (χ4n) is 4.38. The minimum Gasteiger partial charge on any atom is -0.481 e. The number of benzene rings is 4. The molecule has 4 rings (SSSR count). The molecule has 0 aliphatic heterocycles. The first-order chi connectivity index (χ1) is 19.0. The van der Waals surface area contributed by atoms with Gasteiger partial charge in [0, 0.05) is 22.3 Å². The van der Waals surface area contributed by atoms with Crippen molar-refractivity contribution in [1.29, 1.82) is 0 Å². The van der Waals surface area contributed by atoms with Crippen molar-refractivity contribution < 1.29 is 23.1 Å². The van der Waals surface area contributed by atoms with Crippen LogP contribution in [0.1, 0.15) is 33.5 Å². The summed E-state index contributed by atoms with van der Waals surface area (Å²) in [4.78, 5) is 24.4. The van der Waals surface area contributed by atoms with Gasteiger partial charge in [-0.05, 0) is 84.5 Å². The highest BCUT2D eigenvalue weighted by Gasteiger charge is 2.20. The molecule has 206 valence electrons. The van der Waals surface area contributed by atoms with Crippen molar-refractivity contribution in [3.63, 3.8) is 0 Å². The molecule has 0 aliphatic rings. The Bertz CT molecular complexity index is 1640. The maximum Gasteiger partial charge on any atom is 0.305 e. The summed E-state index contributed by atoms with van der Waals surface area (Å²) in [5, 5.41) is 12.6. The molecule has 40 heavy (non-hydrogen) atoms. The van der Waals surface area contributed by atoms with Gasteiger partial charge in [-0.15, -0.1) is 0 Å². The van der Waals surface area contributed by atoms with Gasteiger partial charge in [0.1, 0.15) is 0 Å². The van der Waals surface area contributed by atoms with Gasteiger partial charge < -0.3 is 10.4 Å². The van der Waals surface area contributed by atoms with E-state index in [0.29, 0.717) is 33.8 Å². The average Bonchev–Trinajstić information content (AvgIpc) is 2.91. The van der Waals surface area contributed by atoms with Crippen molar-refractivity contribution in [1.82, 2.24) is 5.32 Å². The second-order valence-corrected chi connectivity index (χ2v) is 11.6. The summed E-state index contributed by atoms with van der Waals surface area (Å²) in [5.74, 6) is -1.36. The Morgan fingerprint density at radius 1 is 0.850 bits per heavy atom. The van der Waals surface area contributed by atoms with Gasteiger partial charge in [-0.1, -0.05) is 66.2 Å². The summed E-state index contributed by atoms with van der Waals surface area (Å²) in [6, 6.07) is 25.8. The van der Waals surface area contributed by atoms with Gasteiger partial charge in [0.05, 0.1) is 11.3 Å². The predicted molar refractivity (Wildman–Crippen MR) is 157 cm³/mol. The zero-order valence-corrected chi connectivity index (χ0v) is 23.6. The van der Waals surface area contributed by atoms with Crippen molar-refractivity contribution in [2.24, 2.45) is 0 Å². The number of carbonyl (C=O) groups excluding carboxylic acids is 1. The maximum atomic E-state index is 13.1. The number of aryl methyl sites for hydroxylation is 2. The molecular formula is C31H29ClN2O5S. The minimum absolute atomic E-state index is 0.156. The first-order valence-electron chi connectivity index (χ1n) is 12.6. The monoisotopic (exact) mass is 576 g/mol. The molecule has 0 saturated carbocycles. The standard InChI is InChI=1S/C31H29ClN2O5S/c1-20-16-29(21(2)15-28(20)32)40(38,39)34-26-10-6-9-25(18-26)23-11-13-24(14-12-23)31(37)33-27(19-30(35)36)17-22-7-4-3-5-8-22/h3-16,18,27,34H,17,19H2,1-2H3,(H,33,37)(H,35,36)/t27-/m0/s1. The summed E-state index contributed by atoms with van der Waals surface area (Å²) in [5.41, 5.74) is 4.46. The Hall–Kier alpha value is -4.14. The number of carboxylic acid groups (broad SMARTS) is 1. The Kier molecular flexibility index (Phi) is 8.92. The summed E-state index contributed by atoms with van der Waals surface area (Å²) < 4.78 is 28.8. The molecule has 0 unspecified atom stereocenters. The van der Waals surface area contributed by atoms with E-state index in [2.05, 4.69) is 10.0 Å². The van der Waals surface area contributed by atoms with Crippen LogP contribution in [0.25, 0.3) is 11.1 Å². The quantitative estimate of drug-likeness (QED) is 0.207. The molecule has 0 aliphatic carbocycles. The van der Waals surface area contributed by atoms with E-state index in [1.165, 1.54) is 0 Å². The molecule has 4 aromatic carbocycles. The molecule has 1 atom stereocenters. The van der Waals surface area contributed by atoms with Crippen LogP contribution in [0.5, 0.6) is 0 Å². The number of hydrogen-bond donors (Lipinski definition) is 3. The fraction of sp³-hybridized carbons (Fsp3) is 0.161. The molecule has 0 aromatic heterocycles. The number of sulfonamides is 1. The van der Waals surface area contributed by atoms with Gasteiger partial charge in [0.25, 0.3) is 15.9 Å². The molecule has 1 amide bonds.